The summed E-state index contributed by atoms with van der Waals surface area (Å²) in [6, 6.07) is 8.46. The highest BCUT2D eigenvalue weighted by atomic mass is 16.5. The minimum atomic E-state index is -0.269. The minimum absolute atomic E-state index is 0.0354. The number of morpholine rings is 1. The normalized spacial score (nSPS) is 27.2. The van der Waals surface area contributed by atoms with Crippen LogP contribution in [0, 0.1) is 0 Å². The molecule has 24 heavy (non-hydrogen) atoms. The summed E-state index contributed by atoms with van der Waals surface area (Å²) in [5.74, 6) is -0.0362. The van der Waals surface area contributed by atoms with Crippen molar-refractivity contribution in [1.29, 1.82) is 0 Å². The number of rotatable bonds is 2. The van der Waals surface area contributed by atoms with Gasteiger partial charge in [-0.15, -0.1) is 0 Å². The zero-order chi connectivity index (χ0) is 16.6. The van der Waals surface area contributed by atoms with Gasteiger partial charge in [0.25, 0.3) is 0 Å². The van der Waals surface area contributed by atoms with Gasteiger partial charge in [0.05, 0.1) is 19.7 Å². The van der Waals surface area contributed by atoms with E-state index in [0.717, 1.165) is 25.9 Å². The highest BCUT2D eigenvalue weighted by molar-refractivity contribution is 5.86. The molecule has 2 amide bonds. The maximum Gasteiger partial charge on any atom is 0.239 e. The summed E-state index contributed by atoms with van der Waals surface area (Å²) in [6.45, 7) is 3.83. The lowest BCUT2D eigenvalue weighted by Gasteiger charge is -2.41. The van der Waals surface area contributed by atoms with Gasteiger partial charge in [0, 0.05) is 26.2 Å². The number of fused-ring (bicyclic) bond motifs is 2. The number of amides is 2. The van der Waals surface area contributed by atoms with E-state index in [1.54, 1.807) is 4.90 Å². The summed E-state index contributed by atoms with van der Waals surface area (Å²) >= 11 is 0. The van der Waals surface area contributed by atoms with E-state index in [4.69, 9.17) is 4.74 Å². The first-order chi connectivity index (χ1) is 11.7. The Balaban J connectivity index is 1.44. The van der Waals surface area contributed by atoms with Crippen molar-refractivity contribution < 1.29 is 14.3 Å². The van der Waals surface area contributed by atoms with E-state index in [9.17, 15) is 9.59 Å². The molecule has 1 N–H and O–H groups in total. The molecule has 6 heteroatoms. The number of piperazine rings is 1. The Morgan fingerprint density at radius 3 is 3.04 bits per heavy atom. The predicted octanol–water partition coefficient (Wildman–Crippen LogP) is 0.119. The van der Waals surface area contributed by atoms with Crippen molar-refractivity contribution in [1.82, 2.24) is 15.1 Å². The Kier molecular flexibility index (Phi) is 4.02. The van der Waals surface area contributed by atoms with Crippen LogP contribution in [0.5, 0.6) is 0 Å². The Bertz CT molecular complexity index is 659. The van der Waals surface area contributed by atoms with Crippen molar-refractivity contribution in [3.05, 3.63) is 35.4 Å². The lowest BCUT2D eigenvalue weighted by Crippen LogP contribution is -2.55. The zero-order valence-electron chi connectivity index (χ0n) is 13.8. The summed E-state index contributed by atoms with van der Waals surface area (Å²) in [6.07, 6.45) is 2.01. The number of carbonyl (C=O) groups excluding carboxylic acids is 2. The van der Waals surface area contributed by atoms with Crippen LogP contribution in [0.2, 0.25) is 0 Å². The molecule has 1 aromatic rings. The topological polar surface area (TPSA) is 61.9 Å². The van der Waals surface area contributed by atoms with Crippen LogP contribution in [-0.2, 0) is 26.3 Å². The summed E-state index contributed by atoms with van der Waals surface area (Å²) < 4.78 is 6.20. The van der Waals surface area contributed by atoms with E-state index in [-0.39, 0.29) is 24.0 Å². The first-order valence-corrected chi connectivity index (χ1v) is 8.65. The maximum absolute atomic E-state index is 12.5. The Hall–Kier alpha value is -1.92. The molecule has 128 valence electrons. The Morgan fingerprint density at radius 2 is 2.17 bits per heavy atom. The second-order valence-corrected chi connectivity index (χ2v) is 6.88. The third kappa shape index (κ3) is 2.80. The van der Waals surface area contributed by atoms with E-state index < -0.39 is 0 Å². The molecule has 0 bridgehead atoms. The average molecular weight is 329 g/mol. The highest BCUT2D eigenvalue weighted by Gasteiger charge is 2.43. The first kappa shape index (κ1) is 15.6. The van der Waals surface area contributed by atoms with Gasteiger partial charge in [-0.05, 0) is 24.0 Å². The first-order valence-electron chi connectivity index (χ1n) is 8.65. The molecule has 2 saturated heterocycles. The van der Waals surface area contributed by atoms with E-state index >= 15 is 0 Å². The molecule has 1 unspecified atom stereocenters. The highest BCUT2D eigenvalue weighted by Crippen LogP contribution is 2.42. The van der Waals surface area contributed by atoms with Crippen LogP contribution >= 0.6 is 0 Å². The van der Waals surface area contributed by atoms with Crippen LogP contribution < -0.4 is 5.32 Å². The van der Waals surface area contributed by atoms with Crippen molar-refractivity contribution in [2.45, 2.75) is 18.4 Å². The Labute approximate surface area is 141 Å². The van der Waals surface area contributed by atoms with E-state index in [1.807, 2.05) is 0 Å². The van der Waals surface area contributed by atoms with Gasteiger partial charge in [-0.3, -0.25) is 14.5 Å². The van der Waals surface area contributed by atoms with Gasteiger partial charge in [0.15, 0.2) is 0 Å². The van der Waals surface area contributed by atoms with Gasteiger partial charge in [0.1, 0.15) is 5.60 Å². The smallest absolute Gasteiger partial charge is 0.239 e. The number of benzene rings is 1. The monoisotopic (exact) mass is 329 g/mol. The molecule has 4 rings (SSSR count). The SMILES string of the molecule is O=C1CN(C(=O)CN2CCOC3(CCc4ccccc43)C2)CCN1. The summed E-state index contributed by atoms with van der Waals surface area (Å²) in [7, 11) is 0. The van der Waals surface area contributed by atoms with Crippen molar-refractivity contribution in [2.75, 3.05) is 45.9 Å². The fourth-order valence-corrected chi connectivity index (χ4v) is 4.10. The van der Waals surface area contributed by atoms with E-state index in [0.29, 0.717) is 26.2 Å². The molecule has 2 heterocycles. The van der Waals surface area contributed by atoms with E-state index in [1.165, 1.54) is 11.1 Å². The molecule has 2 fully saturated rings. The second kappa shape index (κ2) is 6.18. The molecular formula is C18H23N3O3. The summed E-state index contributed by atoms with van der Waals surface area (Å²) in [5.41, 5.74) is 2.37. The third-order valence-electron chi connectivity index (χ3n) is 5.32. The predicted molar refractivity (Wildman–Crippen MR) is 88.4 cm³/mol. The van der Waals surface area contributed by atoms with Crippen molar-refractivity contribution in [2.24, 2.45) is 0 Å². The maximum atomic E-state index is 12.5. The molecule has 1 aromatic carbocycles. The van der Waals surface area contributed by atoms with Gasteiger partial charge in [-0.25, -0.2) is 0 Å². The number of nitrogens with one attached hydrogen (secondary N) is 1. The standard InChI is InChI=1S/C18H23N3O3/c22-16-11-21(8-7-19-16)17(23)12-20-9-10-24-18(13-20)6-5-14-3-1-2-4-15(14)18/h1-4H,5-13H2,(H,19,22). The van der Waals surface area contributed by atoms with E-state index in [2.05, 4.69) is 34.5 Å². The second-order valence-electron chi connectivity index (χ2n) is 6.88. The van der Waals surface area contributed by atoms with Crippen LogP contribution in [0.15, 0.2) is 24.3 Å². The van der Waals surface area contributed by atoms with Gasteiger partial charge >= 0.3 is 0 Å². The van der Waals surface area contributed by atoms with Crippen LogP contribution in [-0.4, -0.2) is 67.5 Å². The van der Waals surface area contributed by atoms with Gasteiger partial charge in [0.2, 0.25) is 11.8 Å². The molecule has 0 saturated carbocycles. The largest absolute Gasteiger partial charge is 0.368 e. The van der Waals surface area contributed by atoms with Crippen molar-refractivity contribution >= 4 is 11.8 Å². The number of hydrogen-bond acceptors (Lipinski definition) is 4. The number of carbonyl (C=O) groups is 2. The third-order valence-corrected chi connectivity index (χ3v) is 5.32. The molecule has 1 spiro atoms. The summed E-state index contributed by atoms with van der Waals surface area (Å²) in [4.78, 5) is 27.8. The molecule has 6 nitrogen and oxygen atoms in total. The molecule has 0 aromatic heterocycles. The van der Waals surface area contributed by atoms with Gasteiger partial charge < -0.3 is 15.0 Å². The zero-order valence-corrected chi connectivity index (χ0v) is 13.8. The lowest BCUT2D eigenvalue weighted by atomic mass is 9.93. The molecule has 1 atom stereocenters. The quantitative estimate of drug-likeness (QED) is 0.837. The number of aryl methyl sites for hydroxylation is 1. The van der Waals surface area contributed by atoms with Gasteiger partial charge in [-0.2, -0.15) is 0 Å². The lowest BCUT2D eigenvalue weighted by molar-refractivity contribution is -0.145. The fraction of sp³-hybridized carbons (Fsp3) is 0.556. The van der Waals surface area contributed by atoms with Crippen LogP contribution in [0.4, 0.5) is 0 Å². The molecule has 3 aliphatic rings. The Morgan fingerprint density at radius 1 is 1.29 bits per heavy atom. The van der Waals surface area contributed by atoms with Crippen molar-refractivity contribution in [3.63, 3.8) is 0 Å². The fourth-order valence-electron chi connectivity index (χ4n) is 4.10. The van der Waals surface area contributed by atoms with Crippen LogP contribution in [0.25, 0.3) is 0 Å². The minimum Gasteiger partial charge on any atom is -0.368 e. The summed E-state index contributed by atoms with van der Waals surface area (Å²) in [5, 5.41) is 2.75. The van der Waals surface area contributed by atoms with Crippen LogP contribution in [0.1, 0.15) is 17.5 Å². The number of ether oxygens (including phenoxy) is 1. The average Bonchev–Trinajstić information content (AvgIpc) is 2.93. The molecule has 0 radical (unpaired) electrons. The number of nitrogens with zero attached hydrogens (tertiary/aromatic N) is 2. The van der Waals surface area contributed by atoms with Crippen LogP contribution in [0.3, 0.4) is 0 Å². The molecule has 1 aliphatic carbocycles. The number of hydrogen-bond donors (Lipinski definition) is 1. The molecular weight excluding hydrogens is 306 g/mol. The molecule has 2 aliphatic heterocycles. The van der Waals surface area contributed by atoms with Gasteiger partial charge in [-0.1, -0.05) is 24.3 Å². The van der Waals surface area contributed by atoms with Crippen molar-refractivity contribution in [3.8, 4) is 0 Å².